The molecule has 39 heavy (non-hydrogen) atoms. The molecule has 0 aliphatic carbocycles. The van der Waals surface area contributed by atoms with E-state index in [0.717, 1.165) is 35.2 Å². The SMILES string of the molecule is Cc1ccc(-c2c(C(N)=O)ccc(CN3CCN(C)CC3)c2C(F)(F)F)cc1-c1ccc2nc(N)ncc2c1. The number of likely N-dealkylation sites (N-methyl/N-ethyl adjacent to an activating group) is 1. The zero-order chi connectivity index (χ0) is 27.9. The topological polar surface area (TPSA) is 101 Å². The van der Waals surface area contributed by atoms with Gasteiger partial charge in [-0.2, -0.15) is 13.2 Å². The maximum absolute atomic E-state index is 14.8. The van der Waals surface area contributed by atoms with Crippen LogP contribution in [0.15, 0.2) is 54.7 Å². The van der Waals surface area contributed by atoms with Crippen LogP contribution < -0.4 is 11.5 Å². The molecule has 0 atom stereocenters. The molecule has 1 aromatic heterocycles. The number of nitrogens with zero attached hydrogens (tertiary/aromatic N) is 4. The second-order valence-corrected chi connectivity index (χ2v) is 10.00. The summed E-state index contributed by atoms with van der Waals surface area (Å²) in [5.74, 6) is -0.757. The van der Waals surface area contributed by atoms with E-state index in [9.17, 15) is 18.0 Å². The number of nitrogens with two attached hydrogens (primary N) is 2. The fourth-order valence-electron chi connectivity index (χ4n) is 5.16. The minimum Gasteiger partial charge on any atom is -0.368 e. The van der Waals surface area contributed by atoms with Crippen LogP contribution in [0.1, 0.15) is 27.0 Å². The molecular weight excluding hydrogens is 505 g/mol. The van der Waals surface area contributed by atoms with E-state index in [1.807, 2.05) is 31.0 Å². The Balaban J connectivity index is 1.67. The van der Waals surface area contributed by atoms with Crippen molar-refractivity contribution in [3.05, 3.63) is 77.0 Å². The lowest BCUT2D eigenvalue weighted by atomic mass is 9.87. The van der Waals surface area contributed by atoms with E-state index in [1.165, 1.54) is 12.1 Å². The second-order valence-electron chi connectivity index (χ2n) is 10.00. The van der Waals surface area contributed by atoms with E-state index in [4.69, 9.17) is 11.5 Å². The summed E-state index contributed by atoms with van der Waals surface area (Å²) in [5.41, 5.74) is 13.5. The molecule has 0 radical (unpaired) electrons. The van der Waals surface area contributed by atoms with Crippen molar-refractivity contribution in [1.29, 1.82) is 0 Å². The summed E-state index contributed by atoms with van der Waals surface area (Å²) in [6.07, 6.45) is -3.09. The third-order valence-electron chi connectivity index (χ3n) is 7.27. The Kier molecular flexibility index (Phi) is 7.00. The van der Waals surface area contributed by atoms with Crippen molar-refractivity contribution in [2.45, 2.75) is 19.6 Å². The number of rotatable bonds is 5. The maximum Gasteiger partial charge on any atom is 0.417 e. The molecule has 0 unspecified atom stereocenters. The number of fused-ring (bicyclic) bond motifs is 1. The number of carbonyl (C=O) groups excluding carboxylic acids is 1. The Labute approximate surface area is 224 Å². The van der Waals surface area contributed by atoms with E-state index in [-0.39, 0.29) is 34.7 Å². The molecule has 0 spiro atoms. The van der Waals surface area contributed by atoms with Gasteiger partial charge in [0, 0.05) is 55.4 Å². The van der Waals surface area contributed by atoms with Crippen LogP contribution in [-0.2, 0) is 12.7 Å². The number of anilines is 1. The van der Waals surface area contributed by atoms with Gasteiger partial charge in [0.05, 0.1) is 11.1 Å². The lowest BCUT2D eigenvalue weighted by Gasteiger charge is -2.33. The highest BCUT2D eigenvalue weighted by Gasteiger charge is 2.39. The van der Waals surface area contributed by atoms with Crippen molar-refractivity contribution < 1.29 is 18.0 Å². The fourth-order valence-corrected chi connectivity index (χ4v) is 5.16. The minimum absolute atomic E-state index is 0.120. The van der Waals surface area contributed by atoms with E-state index in [2.05, 4.69) is 14.9 Å². The number of hydrogen-bond acceptors (Lipinski definition) is 6. The van der Waals surface area contributed by atoms with E-state index >= 15 is 0 Å². The lowest BCUT2D eigenvalue weighted by molar-refractivity contribution is -0.138. The number of alkyl halides is 3. The molecule has 1 saturated heterocycles. The third-order valence-corrected chi connectivity index (χ3v) is 7.27. The van der Waals surface area contributed by atoms with Gasteiger partial charge in [-0.3, -0.25) is 9.69 Å². The molecule has 3 aromatic carbocycles. The molecule has 1 aliphatic heterocycles. The van der Waals surface area contributed by atoms with Crippen LogP contribution in [0.3, 0.4) is 0 Å². The molecule has 2 heterocycles. The van der Waals surface area contributed by atoms with Crippen LogP contribution in [0.25, 0.3) is 33.2 Å². The highest BCUT2D eigenvalue weighted by atomic mass is 19.4. The number of benzene rings is 3. The second kappa shape index (κ2) is 10.3. The Hall–Kier alpha value is -4.02. The van der Waals surface area contributed by atoms with E-state index in [0.29, 0.717) is 18.6 Å². The lowest BCUT2D eigenvalue weighted by Crippen LogP contribution is -2.44. The first-order valence-corrected chi connectivity index (χ1v) is 12.6. The van der Waals surface area contributed by atoms with Crippen LogP contribution >= 0.6 is 0 Å². The van der Waals surface area contributed by atoms with Crippen LogP contribution in [0, 0.1) is 6.92 Å². The zero-order valence-electron chi connectivity index (χ0n) is 21.7. The summed E-state index contributed by atoms with van der Waals surface area (Å²) in [7, 11) is 1.99. The monoisotopic (exact) mass is 534 g/mol. The Morgan fingerprint density at radius 3 is 2.41 bits per heavy atom. The molecule has 0 saturated carbocycles. The van der Waals surface area contributed by atoms with Gasteiger partial charge in [-0.15, -0.1) is 0 Å². The smallest absolute Gasteiger partial charge is 0.368 e. The number of aromatic nitrogens is 2. The number of carbonyl (C=O) groups is 1. The van der Waals surface area contributed by atoms with E-state index in [1.54, 1.807) is 30.5 Å². The number of hydrogen-bond donors (Lipinski definition) is 2. The highest BCUT2D eigenvalue weighted by Crippen LogP contribution is 2.43. The van der Waals surface area contributed by atoms with Crippen molar-refractivity contribution in [3.8, 4) is 22.3 Å². The van der Waals surface area contributed by atoms with Gasteiger partial charge in [-0.05, 0) is 66.1 Å². The molecular formula is C29H29F3N6O. The minimum atomic E-state index is -4.70. The first-order chi connectivity index (χ1) is 18.5. The first kappa shape index (κ1) is 26.6. The normalized spacial score (nSPS) is 15.1. The largest absolute Gasteiger partial charge is 0.417 e. The van der Waals surface area contributed by atoms with Gasteiger partial charge in [-0.1, -0.05) is 24.3 Å². The Bertz CT molecular complexity index is 1560. The van der Waals surface area contributed by atoms with Crippen molar-refractivity contribution in [2.24, 2.45) is 5.73 Å². The van der Waals surface area contributed by atoms with Crippen molar-refractivity contribution in [3.63, 3.8) is 0 Å². The summed E-state index contributed by atoms with van der Waals surface area (Å²) in [5, 5.41) is 0.745. The molecule has 0 bridgehead atoms. The molecule has 5 rings (SSSR count). The van der Waals surface area contributed by atoms with Crippen molar-refractivity contribution >= 4 is 22.8 Å². The maximum atomic E-state index is 14.8. The molecule has 1 fully saturated rings. The first-order valence-electron chi connectivity index (χ1n) is 12.6. The van der Waals surface area contributed by atoms with Crippen LogP contribution in [-0.4, -0.2) is 58.9 Å². The molecule has 202 valence electrons. The summed E-state index contributed by atoms with van der Waals surface area (Å²) in [6.45, 7) is 4.88. The molecule has 4 N–H and O–H groups in total. The average Bonchev–Trinajstić information content (AvgIpc) is 2.89. The summed E-state index contributed by atoms with van der Waals surface area (Å²) in [6, 6.07) is 13.3. The number of aryl methyl sites for hydroxylation is 1. The predicted octanol–water partition coefficient (Wildman–Crippen LogP) is 4.72. The Morgan fingerprint density at radius 1 is 1.00 bits per heavy atom. The third kappa shape index (κ3) is 5.43. The highest BCUT2D eigenvalue weighted by molar-refractivity contribution is 6.01. The number of primary amides is 1. The average molecular weight is 535 g/mol. The van der Waals surface area contributed by atoms with Gasteiger partial charge in [0.15, 0.2) is 0 Å². The van der Waals surface area contributed by atoms with Gasteiger partial charge in [-0.25, -0.2) is 9.97 Å². The zero-order valence-corrected chi connectivity index (χ0v) is 21.7. The standard InChI is InChI=1S/C29H29F3N6O/c1-17-3-4-19(14-23(17)18-6-8-24-21(13-18)15-35-28(34)36-24)25-22(27(33)39)7-5-20(26(25)29(30,31)32)16-38-11-9-37(2)10-12-38/h3-8,13-15H,9-12,16H2,1-2H3,(H2,33,39)(H2,34,35,36). The van der Waals surface area contributed by atoms with Crippen LogP contribution in [0.2, 0.25) is 0 Å². The number of nitrogen functional groups attached to an aromatic ring is 1. The summed E-state index contributed by atoms with van der Waals surface area (Å²) >= 11 is 0. The molecule has 10 heteroatoms. The van der Waals surface area contributed by atoms with Gasteiger partial charge in [0.1, 0.15) is 0 Å². The van der Waals surface area contributed by atoms with Crippen LogP contribution in [0.5, 0.6) is 0 Å². The predicted molar refractivity (Wildman–Crippen MR) is 146 cm³/mol. The van der Waals surface area contributed by atoms with Gasteiger partial charge >= 0.3 is 6.18 Å². The van der Waals surface area contributed by atoms with E-state index < -0.39 is 17.6 Å². The Morgan fingerprint density at radius 2 is 1.72 bits per heavy atom. The molecule has 4 aromatic rings. The fraction of sp³-hybridized carbons (Fsp3) is 0.276. The van der Waals surface area contributed by atoms with Crippen molar-refractivity contribution in [2.75, 3.05) is 39.0 Å². The van der Waals surface area contributed by atoms with Gasteiger partial charge in [0.25, 0.3) is 0 Å². The van der Waals surface area contributed by atoms with Gasteiger partial charge < -0.3 is 16.4 Å². The quantitative estimate of drug-likeness (QED) is 0.384. The summed E-state index contributed by atoms with van der Waals surface area (Å²) < 4.78 is 44.3. The van der Waals surface area contributed by atoms with Crippen LogP contribution in [0.4, 0.5) is 19.1 Å². The van der Waals surface area contributed by atoms with Crippen molar-refractivity contribution in [1.82, 2.24) is 19.8 Å². The molecule has 1 amide bonds. The number of halogens is 3. The summed E-state index contributed by atoms with van der Waals surface area (Å²) in [4.78, 5) is 24.8. The molecule has 7 nitrogen and oxygen atoms in total. The molecule has 1 aliphatic rings. The van der Waals surface area contributed by atoms with Gasteiger partial charge in [0.2, 0.25) is 11.9 Å². The number of amides is 1. The number of piperazine rings is 1.